The highest BCUT2D eigenvalue weighted by molar-refractivity contribution is 5.96. The third-order valence-corrected chi connectivity index (χ3v) is 3.41. The maximum atomic E-state index is 12.2. The van der Waals surface area contributed by atoms with Gasteiger partial charge >= 0.3 is 0 Å². The summed E-state index contributed by atoms with van der Waals surface area (Å²) in [5.41, 5.74) is 1.27. The molecular weight excluding hydrogens is 266 g/mol. The molecule has 0 bridgehead atoms. The van der Waals surface area contributed by atoms with Gasteiger partial charge in [0.2, 0.25) is 0 Å². The topological polar surface area (TPSA) is 58.6 Å². The molecule has 1 aromatic carbocycles. The Morgan fingerprint density at radius 2 is 2.29 bits per heavy atom. The van der Waals surface area contributed by atoms with Crippen molar-refractivity contribution in [3.05, 3.63) is 35.4 Å². The number of benzene rings is 1. The Morgan fingerprint density at radius 3 is 3.05 bits per heavy atom. The molecule has 4 nitrogen and oxygen atoms in total. The van der Waals surface area contributed by atoms with E-state index >= 15 is 0 Å². The largest absolute Gasteiger partial charge is 0.395 e. The average molecular weight is 287 g/mol. The first-order chi connectivity index (χ1) is 10.3. The lowest BCUT2D eigenvalue weighted by molar-refractivity contribution is 0.0907. The van der Waals surface area contributed by atoms with E-state index in [1.54, 1.807) is 6.07 Å². The van der Waals surface area contributed by atoms with Crippen LogP contribution in [-0.2, 0) is 4.74 Å². The molecule has 112 valence electrons. The smallest absolute Gasteiger partial charge is 0.252 e. The summed E-state index contributed by atoms with van der Waals surface area (Å²) in [6, 6.07) is 7.27. The molecule has 1 saturated heterocycles. The third-order valence-electron chi connectivity index (χ3n) is 3.41. The summed E-state index contributed by atoms with van der Waals surface area (Å²) in [5.74, 6) is 5.67. The molecule has 0 radical (unpaired) electrons. The van der Waals surface area contributed by atoms with Gasteiger partial charge in [-0.2, -0.15) is 0 Å². The van der Waals surface area contributed by atoms with Crippen LogP contribution in [0.1, 0.15) is 41.6 Å². The van der Waals surface area contributed by atoms with Crippen LogP contribution in [0.15, 0.2) is 24.3 Å². The highest BCUT2D eigenvalue weighted by Crippen LogP contribution is 2.14. The molecule has 1 heterocycles. The minimum atomic E-state index is -0.109. The van der Waals surface area contributed by atoms with Crippen LogP contribution in [0.25, 0.3) is 0 Å². The van der Waals surface area contributed by atoms with Crippen molar-refractivity contribution in [2.24, 2.45) is 0 Å². The van der Waals surface area contributed by atoms with E-state index in [1.165, 1.54) is 0 Å². The zero-order valence-corrected chi connectivity index (χ0v) is 12.1. The zero-order chi connectivity index (χ0) is 14.9. The van der Waals surface area contributed by atoms with Crippen LogP contribution in [0.4, 0.5) is 0 Å². The molecular formula is C17H21NO3. The van der Waals surface area contributed by atoms with Crippen molar-refractivity contribution in [2.45, 2.75) is 31.8 Å². The van der Waals surface area contributed by atoms with Gasteiger partial charge in [-0.05, 0) is 31.4 Å². The molecule has 1 aliphatic rings. The van der Waals surface area contributed by atoms with Crippen molar-refractivity contribution in [1.82, 2.24) is 5.32 Å². The lowest BCUT2D eigenvalue weighted by Gasteiger charge is -2.10. The number of nitrogens with one attached hydrogen (secondary N) is 1. The standard InChI is InChI=1S/C17H21NO3/c19-12-4-3-7-14-6-1-2-9-16(14)17(20)18-11-10-15-8-5-13-21-15/h1-2,6,9,15,19H,4-5,8,10-13H2,(H,18,20). The SMILES string of the molecule is O=C(NCCC1CCCO1)c1ccccc1C#CCCO. The van der Waals surface area contributed by atoms with Crippen LogP contribution in [0, 0.1) is 11.8 Å². The van der Waals surface area contributed by atoms with Crippen molar-refractivity contribution in [1.29, 1.82) is 0 Å². The number of carbonyl (C=O) groups is 1. The molecule has 1 atom stereocenters. The normalized spacial score (nSPS) is 17.1. The molecule has 1 aliphatic heterocycles. The van der Waals surface area contributed by atoms with Crippen molar-refractivity contribution < 1.29 is 14.6 Å². The minimum absolute atomic E-state index is 0.0305. The van der Waals surface area contributed by atoms with E-state index in [9.17, 15) is 4.79 Å². The maximum absolute atomic E-state index is 12.2. The van der Waals surface area contributed by atoms with E-state index in [1.807, 2.05) is 18.2 Å². The molecule has 4 heteroatoms. The number of aliphatic hydroxyl groups is 1. The van der Waals surface area contributed by atoms with Crippen LogP contribution in [0.2, 0.25) is 0 Å². The van der Waals surface area contributed by atoms with Gasteiger partial charge in [0.1, 0.15) is 0 Å². The van der Waals surface area contributed by atoms with Gasteiger partial charge in [-0.15, -0.1) is 0 Å². The molecule has 0 aliphatic carbocycles. The fourth-order valence-electron chi connectivity index (χ4n) is 2.32. The number of amides is 1. The number of rotatable bonds is 5. The van der Waals surface area contributed by atoms with Gasteiger partial charge < -0.3 is 15.2 Å². The molecule has 2 rings (SSSR count). The van der Waals surface area contributed by atoms with E-state index in [0.717, 1.165) is 25.9 Å². The zero-order valence-electron chi connectivity index (χ0n) is 12.1. The average Bonchev–Trinajstić information content (AvgIpc) is 3.01. The van der Waals surface area contributed by atoms with Gasteiger partial charge in [0.15, 0.2) is 0 Å². The lowest BCUT2D eigenvalue weighted by Crippen LogP contribution is -2.27. The van der Waals surface area contributed by atoms with E-state index in [0.29, 0.717) is 24.1 Å². The van der Waals surface area contributed by atoms with Crippen LogP contribution in [-0.4, -0.2) is 36.9 Å². The van der Waals surface area contributed by atoms with Gasteiger partial charge in [0.05, 0.1) is 18.3 Å². The number of aliphatic hydroxyl groups excluding tert-OH is 1. The Labute approximate surface area is 125 Å². The fourth-order valence-corrected chi connectivity index (χ4v) is 2.32. The van der Waals surface area contributed by atoms with Crippen molar-refractivity contribution in [2.75, 3.05) is 19.8 Å². The second kappa shape index (κ2) is 8.46. The molecule has 1 fully saturated rings. The molecule has 0 aromatic heterocycles. The summed E-state index contributed by atoms with van der Waals surface area (Å²) < 4.78 is 5.53. The first-order valence-corrected chi connectivity index (χ1v) is 7.40. The van der Waals surface area contributed by atoms with E-state index in [-0.39, 0.29) is 18.6 Å². The molecule has 1 unspecified atom stereocenters. The van der Waals surface area contributed by atoms with E-state index in [2.05, 4.69) is 17.2 Å². The van der Waals surface area contributed by atoms with Crippen molar-refractivity contribution >= 4 is 5.91 Å². The predicted octanol–water partition coefficient (Wildman–Crippen LogP) is 1.72. The van der Waals surface area contributed by atoms with Gasteiger partial charge in [-0.3, -0.25) is 4.79 Å². The highest BCUT2D eigenvalue weighted by Gasteiger charge is 2.16. The molecule has 1 aromatic rings. The predicted molar refractivity (Wildman–Crippen MR) is 80.9 cm³/mol. The Bertz CT molecular complexity index is 524. The fraction of sp³-hybridized carbons (Fsp3) is 0.471. The van der Waals surface area contributed by atoms with Crippen LogP contribution in [0.3, 0.4) is 0 Å². The quantitative estimate of drug-likeness (QED) is 0.811. The number of carbonyl (C=O) groups excluding carboxylic acids is 1. The summed E-state index contributed by atoms with van der Waals surface area (Å²) >= 11 is 0. The van der Waals surface area contributed by atoms with E-state index < -0.39 is 0 Å². The van der Waals surface area contributed by atoms with Gasteiger partial charge in [-0.25, -0.2) is 0 Å². The summed E-state index contributed by atoms with van der Waals surface area (Å²) in [7, 11) is 0. The number of hydrogen-bond acceptors (Lipinski definition) is 3. The molecule has 0 saturated carbocycles. The maximum Gasteiger partial charge on any atom is 0.252 e. The van der Waals surface area contributed by atoms with Crippen LogP contribution < -0.4 is 5.32 Å². The highest BCUT2D eigenvalue weighted by atomic mass is 16.5. The van der Waals surface area contributed by atoms with Crippen LogP contribution >= 0.6 is 0 Å². The monoisotopic (exact) mass is 287 g/mol. The first-order valence-electron chi connectivity index (χ1n) is 7.40. The van der Waals surface area contributed by atoms with Crippen molar-refractivity contribution in [3.8, 4) is 11.8 Å². The first kappa shape index (κ1) is 15.6. The molecule has 0 spiro atoms. The third kappa shape index (κ3) is 4.89. The summed E-state index contributed by atoms with van der Waals surface area (Å²) in [5, 5.41) is 11.7. The molecule has 21 heavy (non-hydrogen) atoms. The van der Waals surface area contributed by atoms with Gasteiger partial charge in [0.25, 0.3) is 5.91 Å². The van der Waals surface area contributed by atoms with Gasteiger partial charge in [-0.1, -0.05) is 24.0 Å². The van der Waals surface area contributed by atoms with E-state index in [4.69, 9.17) is 9.84 Å². The Kier molecular flexibility index (Phi) is 6.26. The lowest BCUT2D eigenvalue weighted by atomic mass is 10.1. The molecule has 2 N–H and O–H groups in total. The Hall–Kier alpha value is -1.83. The molecule has 1 amide bonds. The summed E-state index contributed by atoms with van der Waals surface area (Å²) in [6.45, 7) is 1.48. The summed E-state index contributed by atoms with van der Waals surface area (Å²) in [6.07, 6.45) is 3.74. The van der Waals surface area contributed by atoms with Crippen molar-refractivity contribution in [3.63, 3.8) is 0 Å². The summed E-state index contributed by atoms with van der Waals surface area (Å²) in [4.78, 5) is 12.2. The number of hydrogen-bond donors (Lipinski definition) is 2. The van der Waals surface area contributed by atoms with Crippen LogP contribution in [0.5, 0.6) is 0 Å². The Morgan fingerprint density at radius 1 is 1.43 bits per heavy atom. The second-order valence-electron chi connectivity index (χ2n) is 5.00. The Balaban J connectivity index is 1.90. The second-order valence-corrected chi connectivity index (χ2v) is 5.00. The van der Waals surface area contributed by atoms with Gasteiger partial charge in [0, 0.05) is 25.1 Å². The minimum Gasteiger partial charge on any atom is -0.395 e. The number of ether oxygens (including phenoxy) is 1.